The van der Waals surface area contributed by atoms with Crippen LogP contribution < -0.4 is 5.32 Å². The number of hydrogen-bond acceptors (Lipinski definition) is 6. The second-order valence-corrected chi connectivity index (χ2v) is 6.97. The van der Waals surface area contributed by atoms with Gasteiger partial charge in [-0.3, -0.25) is 9.59 Å². The Bertz CT molecular complexity index is 750. The maximum absolute atomic E-state index is 12.6. The molecule has 0 saturated carbocycles. The SMILES string of the molecule is CC(C)CCNc1ccc(C(=O)N2CCN(C(=O)c3ccco3)CC2)nn1. The Balaban J connectivity index is 1.51. The Kier molecular flexibility index (Phi) is 6.05. The molecule has 144 valence electrons. The number of nitrogens with zero attached hydrogens (tertiary/aromatic N) is 4. The van der Waals surface area contributed by atoms with Crippen LogP contribution in [-0.4, -0.2) is 64.5 Å². The Labute approximate surface area is 158 Å². The quantitative estimate of drug-likeness (QED) is 0.836. The third-order valence-corrected chi connectivity index (χ3v) is 4.50. The van der Waals surface area contributed by atoms with Crippen molar-refractivity contribution < 1.29 is 14.0 Å². The van der Waals surface area contributed by atoms with Gasteiger partial charge < -0.3 is 19.5 Å². The van der Waals surface area contributed by atoms with Crippen LogP contribution in [0, 0.1) is 5.92 Å². The predicted molar refractivity (Wildman–Crippen MR) is 100 cm³/mol. The molecule has 0 unspecified atom stereocenters. The normalized spacial score (nSPS) is 14.5. The third-order valence-electron chi connectivity index (χ3n) is 4.50. The van der Waals surface area contributed by atoms with Gasteiger partial charge in [-0.05, 0) is 36.6 Å². The van der Waals surface area contributed by atoms with Crippen LogP contribution in [0.25, 0.3) is 0 Å². The lowest BCUT2D eigenvalue weighted by Crippen LogP contribution is -2.50. The van der Waals surface area contributed by atoms with Gasteiger partial charge in [-0.25, -0.2) is 0 Å². The minimum Gasteiger partial charge on any atom is -0.459 e. The fourth-order valence-electron chi connectivity index (χ4n) is 2.86. The zero-order valence-electron chi connectivity index (χ0n) is 15.7. The summed E-state index contributed by atoms with van der Waals surface area (Å²) < 4.78 is 5.15. The molecule has 0 radical (unpaired) electrons. The van der Waals surface area contributed by atoms with E-state index >= 15 is 0 Å². The van der Waals surface area contributed by atoms with E-state index < -0.39 is 0 Å². The number of anilines is 1. The first-order valence-corrected chi connectivity index (χ1v) is 9.24. The van der Waals surface area contributed by atoms with Gasteiger partial charge in [0.1, 0.15) is 5.82 Å². The fourth-order valence-corrected chi connectivity index (χ4v) is 2.86. The highest BCUT2D eigenvalue weighted by Crippen LogP contribution is 2.12. The van der Waals surface area contributed by atoms with Crippen LogP contribution in [0.15, 0.2) is 34.9 Å². The molecule has 0 aliphatic carbocycles. The Morgan fingerprint density at radius 3 is 2.33 bits per heavy atom. The largest absolute Gasteiger partial charge is 0.459 e. The number of aromatic nitrogens is 2. The molecule has 1 saturated heterocycles. The van der Waals surface area contributed by atoms with Gasteiger partial charge in [0.2, 0.25) is 0 Å². The summed E-state index contributed by atoms with van der Waals surface area (Å²) in [6, 6.07) is 6.80. The Morgan fingerprint density at radius 2 is 1.78 bits per heavy atom. The van der Waals surface area contributed by atoms with Crippen LogP contribution in [0.5, 0.6) is 0 Å². The highest BCUT2D eigenvalue weighted by atomic mass is 16.3. The lowest BCUT2D eigenvalue weighted by molar-refractivity contribution is 0.0514. The fraction of sp³-hybridized carbons (Fsp3) is 0.474. The average molecular weight is 371 g/mol. The molecule has 1 aliphatic heterocycles. The van der Waals surface area contributed by atoms with Crippen molar-refractivity contribution in [2.24, 2.45) is 5.92 Å². The molecule has 0 aromatic carbocycles. The number of piperazine rings is 1. The molecule has 3 heterocycles. The van der Waals surface area contributed by atoms with Gasteiger partial charge in [-0.15, -0.1) is 10.2 Å². The second kappa shape index (κ2) is 8.66. The molecule has 2 aromatic rings. The summed E-state index contributed by atoms with van der Waals surface area (Å²) in [5.74, 6) is 1.29. The smallest absolute Gasteiger partial charge is 0.289 e. The topological polar surface area (TPSA) is 91.6 Å². The van der Waals surface area contributed by atoms with E-state index in [9.17, 15) is 9.59 Å². The Morgan fingerprint density at radius 1 is 1.07 bits per heavy atom. The summed E-state index contributed by atoms with van der Waals surface area (Å²) in [6.45, 7) is 7.00. The van der Waals surface area contributed by atoms with E-state index in [1.807, 2.05) is 0 Å². The zero-order chi connectivity index (χ0) is 19.2. The molecule has 2 aromatic heterocycles. The molecular formula is C19H25N5O3. The molecule has 0 bridgehead atoms. The summed E-state index contributed by atoms with van der Waals surface area (Å²) in [5.41, 5.74) is 0.315. The Hall–Kier alpha value is -2.90. The molecule has 8 heteroatoms. The molecule has 2 amide bonds. The van der Waals surface area contributed by atoms with Crippen molar-refractivity contribution in [2.75, 3.05) is 38.0 Å². The van der Waals surface area contributed by atoms with Crippen molar-refractivity contribution in [3.63, 3.8) is 0 Å². The van der Waals surface area contributed by atoms with Gasteiger partial charge >= 0.3 is 0 Å². The van der Waals surface area contributed by atoms with Crippen molar-refractivity contribution in [2.45, 2.75) is 20.3 Å². The van der Waals surface area contributed by atoms with E-state index in [1.165, 1.54) is 6.26 Å². The van der Waals surface area contributed by atoms with E-state index in [4.69, 9.17) is 4.42 Å². The number of carbonyl (C=O) groups is 2. The summed E-state index contributed by atoms with van der Waals surface area (Å²) >= 11 is 0. The molecule has 1 N–H and O–H groups in total. The summed E-state index contributed by atoms with van der Waals surface area (Å²) in [7, 11) is 0. The van der Waals surface area contributed by atoms with Crippen molar-refractivity contribution in [3.05, 3.63) is 42.0 Å². The monoisotopic (exact) mass is 371 g/mol. The van der Waals surface area contributed by atoms with Crippen LogP contribution in [0.1, 0.15) is 41.3 Å². The van der Waals surface area contributed by atoms with Crippen LogP contribution in [-0.2, 0) is 0 Å². The highest BCUT2D eigenvalue weighted by molar-refractivity contribution is 5.93. The number of furan rings is 1. The lowest BCUT2D eigenvalue weighted by Gasteiger charge is -2.34. The minimum absolute atomic E-state index is 0.149. The second-order valence-electron chi connectivity index (χ2n) is 6.97. The van der Waals surface area contributed by atoms with Crippen LogP contribution in [0.2, 0.25) is 0 Å². The first kappa shape index (κ1) is 18.9. The van der Waals surface area contributed by atoms with E-state index in [2.05, 4.69) is 29.4 Å². The first-order chi connectivity index (χ1) is 13.0. The van der Waals surface area contributed by atoms with Gasteiger partial charge in [0.15, 0.2) is 11.5 Å². The molecular weight excluding hydrogens is 346 g/mol. The summed E-state index contributed by atoms with van der Waals surface area (Å²) in [6.07, 6.45) is 2.52. The molecule has 1 aliphatic rings. The number of rotatable bonds is 6. The minimum atomic E-state index is -0.165. The molecule has 8 nitrogen and oxygen atoms in total. The summed E-state index contributed by atoms with van der Waals surface area (Å²) in [5, 5.41) is 11.3. The van der Waals surface area contributed by atoms with Gasteiger partial charge in [-0.2, -0.15) is 0 Å². The molecule has 1 fully saturated rings. The number of carbonyl (C=O) groups excluding carboxylic acids is 2. The van der Waals surface area contributed by atoms with Crippen LogP contribution >= 0.6 is 0 Å². The third kappa shape index (κ3) is 4.84. The van der Waals surface area contributed by atoms with E-state index in [0.29, 0.717) is 49.4 Å². The predicted octanol–water partition coefficient (Wildman–Crippen LogP) is 2.13. The zero-order valence-corrected chi connectivity index (χ0v) is 15.7. The lowest BCUT2D eigenvalue weighted by atomic mass is 10.1. The maximum atomic E-state index is 12.6. The molecule has 0 atom stereocenters. The summed E-state index contributed by atoms with van der Waals surface area (Å²) in [4.78, 5) is 28.3. The van der Waals surface area contributed by atoms with E-state index in [1.54, 1.807) is 34.1 Å². The van der Waals surface area contributed by atoms with Crippen LogP contribution in [0.3, 0.4) is 0 Å². The van der Waals surface area contributed by atoms with E-state index in [-0.39, 0.29) is 11.8 Å². The van der Waals surface area contributed by atoms with Crippen molar-refractivity contribution in [1.82, 2.24) is 20.0 Å². The van der Waals surface area contributed by atoms with E-state index in [0.717, 1.165) is 13.0 Å². The maximum Gasteiger partial charge on any atom is 0.289 e. The molecule has 3 rings (SSSR count). The first-order valence-electron chi connectivity index (χ1n) is 9.24. The van der Waals surface area contributed by atoms with Crippen molar-refractivity contribution in [1.29, 1.82) is 0 Å². The molecule has 0 spiro atoms. The van der Waals surface area contributed by atoms with Crippen molar-refractivity contribution in [3.8, 4) is 0 Å². The standard InChI is InChI=1S/C19H25N5O3/c1-14(2)7-8-20-17-6-5-15(21-22-17)18(25)23-9-11-24(12-10-23)19(26)16-4-3-13-27-16/h3-6,13-14H,7-12H2,1-2H3,(H,20,22). The van der Waals surface area contributed by atoms with Gasteiger partial charge in [0.05, 0.1) is 6.26 Å². The van der Waals surface area contributed by atoms with Gasteiger partial charge in [-0.1, -0.05) is 13.8 Å². The van der Waals surface area contributed by atoms with Crippen molar-refractivity contribution >= 4 is 17.6 Å². The van der Waals surface area contributed by atoms with Gasteiger partial charge in [0, 0.05) is 32.7 Å². The van der Waals surface area contributed by atoms with Crippen LogP contribution in [0.4, 0.5) is 5.82 Å². The number of amides is 2. The highest BCUT2D eigenvalue weighted by Gasteiger charge is 2.27. The number of nitrogens with one attached hydrogen (secondary N) is 1. The number of hydrogen-bond donors (Lipinski definition) is 1. The van der Waals surface area contributed by atoms with Gasteiger partial charge in [0.25, 0.3) is 11.8 Å². The average Bonchev–Trinajstić information content (AvgIpc) is 3.22. The molecule has 27 heavy (non-hydrogen) atoms.